The summed E-state index contributed by atoms with van der Waals surface area (Å²) < 4.78 is 26.2. The highest BCUT2D eigenvalue weighted by Gasteiger charge is 2.48. The molecule has 0 spiro atoms. The summed E-state index contributed by atoms with van der Waals surface area (Å²) in [5, 5.41) is 0. The number of esters is 3. The molecule has 0 bridgehead atoms. The number of aryl methyl sites for hydroxylation is 1. The molecule has 31 heavy (non-hydrogen) atoms. The minimum atomic E-state index is -1.19. The van der Waals surface area contributed by atoms with Crippen LogP contribution < -0.4 is 5.69 Å². The number of fused-ring (bicyclic) bond motifs is 1. The van der Waals surface area contributed by atoms with E-state index in [1.54, 1.807) is 7.05 Å². The maximum atomic E-state index is 12.3. The van der Waals surface area contributed by atoms with E-state index in [0.717, 1.165) is 0 Å². The molecular formula is C18H22N4O8S. The number of hydrogen-bond donors (Lipinski definition) is 0. The molecule has 1 fully saturated rings. The van der Waals surface area contributed by atoms with Crippen molar-refractivity contribution in [2.45, 2.75) is 45.3 Å². The van der Waals surface area contributed by atoms with Gasteiger partial charge in [-0.05, 0) is 0 Å². The Balaban J connectivity index is 2.16. The van der Waals surface area contributed by atoms with Gasteiger partial charge in [-0.3, -0.25) is 28.1 Å². The van der Waals surface area contributed by atoms with E-state index < -0.39 is 42.4 Å². The van der Waals surface area contributed by atoms with Crippen LogP contribution in [0.5, 0.6) is 0 Å². The summed E-state index contributed by atoms with van der Waals surface area (Å²) in [6, 6.07) is 0. The van der Waals surface area contributed by atoms with Crippen molar-refractivity contribution in [3.63, 3.8) is 0 Å². The molecule has 2 aromatic rings. The van der Waals surface area contributed by atoms with Crippen LogP contribution in [-0.2, 0) is 47.4 Å². The Bertz CT molecular complexity index is 1170. The van der Waals surface area contributed by atoms with Gasteiger partial charge in [-0.25, -0.2) is 9.78 Å². The molecule has 0 radical (unpaired) electrons. The van der Waals surface area contributed by atoms with Gasteiger partial charge in [-0.15, -0.1) is 0 Å². The van der Waals surface area contributed by atoms with Gasteiger partial charge in [0.2, 0.25) is 0 Å². The number of carbonyl (C=O) groups excluding carboxylic acids is 3. The van der Waals surface area contributed by atoms with Crippen molar-refractivity contribution in [3.05, 3.63) is 21.5 Å². The lowest BCUT2D eigenvalue weighted by Crippen LogP contribution is -2.55. The molecule has 1 aliphatic heterocycles. The fourth-order valence-electron chi connectivity index (χ4n) is 3.52. The van der Waals surface area contributed by atoms with Crippen molar-refractivity contribution in [1.82, 2.24) is 18.7 Å². The van der Waals surface area contributed by atoms with Gasteiger partial charge in [0.1, 0.15) is 10.2 Å². The third-order valence-electron chi connectivity index (χ3n) is 4.77. The molecule has 0 saturated carbocycles. The average molecular weight is 454 g/mol. The van der Waals surface area contributed by atoms with E-state index in [1.807, 2.05) is 0 Å². The summed E-state index contributed by atoms with van der Waals surface area (Å²) in [7, 11) is 3.06. The van der Waals surface area contributed by atoms with E-state index >= 15 is 0 Å². The van der Waals surface area contributed by atoms with Crippen LogP contribution in [0.25, 0.3) is 11.2 Å². The summed E-state index contributed by atoms with van der Waals surface area (Å²) in [5.74, 6) is -1.94. The summed E-state index contributed by atoms with van der Waals surface area (Å²) in [4.78, 5) is 51.7. The Kier molecular flexibility index (Phi) is 6.27. The number of ether oxygens (including phenoxy) is 4. The normalized spacial score (nSPS) is 23.4. The summed E-state index contributed by atoms with van der Waals surface area (Å²) in [5.41, 5.74) is 0.315. The quantitative estimate of drug-likeness (QED) is 0.356. The smallest absolute Gasteiger partial charge is 0.330 e. The number of carbonyl (C=O) groups is 3. The first-order valence-electron chi connectivity index (χ1n) is 9.28. The third-order valence-corrected chi connectivity index (χ3v) is 5.24. The first kappa shape index (κ1) is 22.6. The van der Waals surface area contributed by atoms with Crippen molar-refractivity contribution >= 4 is 41.3 Å². The second-order valence-corrected chi connectivity index (χ2v) is 7.44. The average Bonchev–Trinajstić information content (AvgIpc) is 3.11. The Morgan fingerprint density at radius 2 is 1.61 bits per heavy atom. The highest BCUT2D eigenvalue weighted by molar-refractivity contribution is 7.71. The molecule has 1 aliphatic rings. The first-order valence-corrected chi connectivity index (χ1v) is 9.69. The second-order valence-electron chi connectivity index (χ2n) is 7.05. The van der Waals surface area contributed by atoms with Gasteiger partial charge in [-0.1, -0.05) is 12.2 Å². The van der Waals surface area contributed by atoms with Crippen LogP contribution >= 0.6 is 12.2 Å². The lowest BCUT2D eigenvalue weighted by molar-refractivity contribution is -0.239. The zero-order valence-corrected chi connectivity index (χ0v) is 18.4. The molecule has 168 valence electrons. The van der Waals surface area contributed by atoms with Crippen LogP contribution in [-0.4, -0.2) is 61.5 Å². The van der Waals surface area contributed by atoms with E-state index in [4.69, 9.17) is 31.2 Å². The van der Waals surface area contributed by atoms with Crippen LogP contribution in [0, 0.1) is 4.64 Å². The zero-order valence-electron chi connectivity index (χ0n) is 17.6. The number of hydrogen-bond acceptors (Lipinski definition) is 10. The number of aromatic nitrogens is 4. The van der Waals surface area contributed by atoms with Crippen LogP contribution in [0.4, 0.5) is 0 Å². The van der Waals surface area contributed by atoms with Gasteiger partial charge < -0.3 is 18.9 Å². The van der Waals surface area contributed by atoms with Crippen molar-refractivity contribution in [2.24, 2.45) is 14.1 Å². The number of imidazole rings is 1. The molecule has 2 aromatic heterocycles. The van der Waals surface area contributed by atoms with E-state index in [2.05, 4.69) is 4.98 Å². The molecule has 4 atom stereocenters. The standard InChI is InChI=1S/C18H22N4O8S/c1-8(23)28-11-6-27-16(14(30-10(3)25)13(11)29-9(2)24)22-7-19-15-12(22)17(31)21(5)18(26)20(15)4/h7,11,13-14,16H,6H2,1-5H3/t11-,13-,14-,16-/m1/s1. The fourth-order valence-corrected chi connectivity index (χ4v) is 3.79. The van der Waals surface area contributed by atoms with Gasteiger partial charge >= 0.3 is 23.6 Å². The molecule has 0 aromatic carbocycles. The van der Waals surface area contributed by atoms with Gasteiger partial charge in [0, 0.05) is 34.9 Å². The van der Waals surface area contributed by atoms with E-state index in [1.165, 1.54) is 47.8 Å². The Labute approximate surface area is 181 Å². The van der Waals surface area contributed by atoms with E-state index in [0.29, 0.717) is 11.2 Å². The highest BCUT2D eigenvalue weighted by Crippen LogP contribution is 2.32. The van der Waals surface area contributed by atoms with Gasteiger partial charge in [0.05, 0.1) is 12.9 Å². The van der Waals surface area contributed by atoms with E-state index in [9.17, 15) is 19.2 Å². The zero-order chi connectivity index (χ0) is 23.0. The first-order chi connectivity index (χ1) is 14.5. The lowest BCUT2D eigenvalue weighted by atomic mass is 10.0. The molecule has 3 heterocycles. The Morgan fingerprint density at radius 3 is 2.19 bits per heavy atom. The molecule has 1 saturated heterocycles. The molecule has 12 nitrogen and oxygen atoms in total. The molecule has 0 N–H and O–H groups in total. The maximum absolute atomic E-state index is 12.3. The highest BCUT2D eigenvalue weighted by atomic mass is 32.1. The van der Waals surface area contributed by atoms with E-state index in [-0.39, 0.29) is 16.9 Å². The predicted molar refractivity (Wildman–Crippen MR) is 106 cm³/mol. The van der Waals surface area contributed by atoms with Crippen LogP contribution in [0.3, 0.4) is 0 Å². The molecule has 0 unspecified atom stereocenters. The lowest BCUT2D eigenvalue weighted by Gasteiger charge is -2.40. The topological polar surface area (TPSA) is 133 Å². The molecule has 3 rings (SSSR count). The third kappa shape index (κ3) is 4.23. The van der Waals surface area contributed by atoms with Gasteiger partial charge in [0.25, 0.3) is 0 Å². The van der Waals surface area contributed by atoms with Crippen LogP contribution in [0.15, 0.2) is 11.1 Å². The molecular weight excluding hydrogens is 432 g/mol. The SMILES string of the molecule is CC(=O)O[C@@H]1[C@H](OC(C)=O)[C@H](OC(C)=O)CO[C@H]1n1cnc2c1c(=S)n(C)c(=O)n2C. The van der Waals surface area contributed by atoms with Crippen molar-refractivity contribution in [2.75, 3.05) is 6.61 Å². The van der Waals surface area contributed by atoms with Gasteiger partial charge in [-0.2, -0.15) is 0 Å². The monoisotopic (exact) mass is 454 g/mol. The summed E-state index contributed by atoms with van der Waals surface area (Å²) >= 11 is 5.43. The summed E-state index contributed by atoms with van der Waals surface area (Å²) in [6.45, 7) is 3.42. The fraction of sp³-hybridized carbons (Fsp3) is 0.556. The Hall–Kier alpha value is -3.06. The molecule has 0 aliphatic carbocycles. The van der Waals surface area contributed by atoms with Crippen molar-refractivity contribution in [3.8, 4) is 0 Å². The molecule has 13 heteroatoms. The second kappa shape index (κ2) is 8.59. The molecule has 0 amide bonds. The number of nitrogens with zero attached hydrogens (tertiary/aromatic N) is 4. The number of rotatable bonds is 4. The van der Waals surface area contributed by atoms with Gasteiger partial charge in [0.15, 0.2) is 30.2 Å². The van der Waals surface area contributed by atoms with Crippen molar-refractivity contribution in [1.29, 1.82) is 0 Å². The maximum Gasteiger partial charge on any atom is 0.330 e. The largest absolute Gasteiger partial charge is 0.456 e. The van der Waals surface area contributed by atoms with Crippen LogP contribution in [0.2, 0.25) is 0 Å². The summed E-state index contributed by atoms with van der Waals surface area (Å²) in [6.07, 6.45) is -2.97. The van der Waals surface area contributed by atoms with Crippen LogP contribution in [0.1, 0.15) is 27.0 Å². The predicted octanol–water partition coefficient (Wildman–Crippen LogP) is 0.127. The minimum absolute atomic E-state index is 0.149. The Morgan fingerprint density at radius 1 is 1.03 bits per heavy atom. The van der Waals surface area contributed by atoms with Crippen molar-refractivity contribution < 1.29 is 33.3 Å². The minimum Gasteiger partial charge on any atom is -0.456 e.